The Bertz CT molecular complexity index is 480. The quantitative estimate of drug-likeness (QED) is 0.555. The molecule has 0 N–H and O–H groups in total. The molecule has 1 aromatic rings. The van der Waals surface area contributed by atoms with Crippen molar-refractivity contribution in [3.63, 3.8) is 0 Å². The summed E-state index contributed by atoms with van der Waals surface area (Å²) >= 11 is 13.8. The van der Waals surface area contributed by atoms with Crippen LogP contribution < -0.4 is 0 Å². The molecular weight excluding hydrogens is 408 g/mol. The van der Waals surface area contributed by atoms with E-state index in [9.17, 15) is 9.59 Å². The number of rotatable bonds is 4. The van der Waals surface area contributed by atoms with Gasteiger partial charge in [-0.3, -0.25) is 0 Å². The van der Waals surface area contributed by atoms with Gasteiger partial charge in [-0.2, -0.15) is 0 Å². The van der Waals surface area contributed by atoms with E-state index in [0.29, 0.717) is 3.57 Å². The lowest BCUT2D eigenvalue weighted by molar-refractivity contribution is 0.0511. The second-order valence-electron chi connectivity index (χ2n) is 3.19. The SMILES string of the molecule is CCOC(=O)c1nc(C(=O)OCC)c(Cl)c(I)c1Cl. The number of esters is 2. The number of hydrogen-bond acceptors (Lipinski definition) is 5. The second-order valence-corrected chi connectivity index (χ2v) is 5.03. The molecule has 1 heterocycles. The van der Waals surface area contributed by atoms with Crippen LogP contribution in [0.1, 0.15) is 34.8 Å². The van der Waals surface area contributed by atoms with E-state index in [2.05, 4.69) is 4.98 Å². The molecule has 104 valence electrons. The van der Waals surface area contributed by atoms with Crippen LogP contribution in [0.15, 0.2) is 0 Å². The van der Waals surface area contributed by atoms with Crippen molar-refractivity contribution < 1.29 is 19.1 Å². The zero-order chi connectivity index (χ0) is 14.6. The largest absolute Gasteiger partial charge is 0.461 e. The van der Waals surface area contributed by atoms with Gasteiger partial charge in [0.1, 0.15) is 0 Å². The summed E-state index contributed by atoms with van der Waals surface area (Å²) in [5.74, 6) is -1.43. The fraction of sp³-hybridized carbons (Fsp3) is 0.364. The van der Waals surface area contributed by atoms with E-state index < -0.39 is 11.9 Å². The Morgan fingerprint density at radius 3 is 1.74 bits per heavy atom. The van der Waals surface area contributed by atoms with Crippen LogP contribution in [0.2, 0.25) is 10.0 Å². The predicted molar refractivity (Wildman–Crippen MR) is 78.9 cm³/mol. The molecule has 0 fully saturated rings. The first-order chi connectivity index (χ1) is 8.93. The van der Waals surface area contributed by atoms with E-state index in [4.69, 9.17) is 32.7 Å². The zero-order valence-electron chi connectivity index (χ0n) is 10.1. The molecule has 0 amide bonds. The fourth-order valence-corrected chi connectivity index (χ4v) is 2.17. The Kier molecular flexibility index (Phi) is 6.28. The monoisotopic (exact) mass is 417 g/mol. The molecule has 19 heavy (non-hydrogen) atoms. The van der Waals surface area contributed by atoms with Gasteiger partial charge in [0, 0.05) is 0 Å². The lowest BCUT2D eigenvalue weighted by atomic mass is 10.3. The zero-order valence-corrected chi connectivity index (χ0v) is 13.8. The van der Waals surface area contributed by atoms with Crippen LogP contribution in [0.4, 0.5) is 0 Å². The molecule has 8 heteroatoms. The first kappa shape index (κ1) is 16.5. The molecule has 0 aliphatic rings. The predicted octanol–water partition coefficient (Wildman–Crippen LogP) is 3.35. The van der Waals surface area contributed by atoms with Crippen molar-refractivity contribution in [2.24, 2.45) is 0 Å². The van der Waals surface area contributed by atoms with Gasteiger partial charge in [0.15, 0.2) is 11.4 Å². The highest BCUT2D eigenvalue weighted by Crippen LogP contribution is 2.31. The van der Waals surface area contributed by atoms with Gasteiger partial charge in [-0.25, -0.2) is 14.6 Å². The smallest absolute Gasteiger partial charge is 0.358 e. The van der Waals surface area contributed by atoms with Crippen LogP contribution >= 0.6 is 45.8 Å². The third kappa shape index (κ3) is 3.70. The number of ether oxygens (including phenoxy) is 2. The number of carbonyl (C=O) groups is 2. The van der Waals surface area contributed by atoms with Crippen LogP contribution in [0.3, 0.4) is 0 Å². The Labute approximate surface area is 133 Å². The molecule has 0 aliphatic carbocycles. The van der Waals surface area contributed by atoms with Gasteiger partial charge in [-0.15, -0.1) is 0 Å². The maximum Gasteiger partial charge on any atom is 0.358 e. The van der Waals surface area contributed by atoms with Crippen molar-refractivity contribution in [3.8, 4) is 0 Å². The van der Waals surface area contributed by atoms with Gasteiger partial charge < -0.3 is 9.47 Å². The standard InChI is InChI=1S/C11H10Cl2INO4/c1-3-18-10(16)8-5(12)7(14)6(13)9(15-8)11(17)19-4-2/h3-4H2,1-2H3. The average Bonchev–Trinajstić information content (AvgIpc) is 2.36. The van der Waals surface area contributed by atoms with Crippen molar-refractivity contribution >= 4 is 57.7 Å². The highest BCUT2D eigenvalue weighted by molar-refractivity contribution is 14.1. The average molecular weight is 418 g/mol. The second kappa shape index (κ2) is 7.25. The van der Waals surface area contributed by atoms with Gasteiger partial charge in [-0.05, 0) is 36.4 Å². The lowest BCUT2D eigenvalue weighted by Crippen LogP contribution is -2.15. The number of carbonyl (C=O) groups excluding carboxylic acids is 2. The first-order valence-corrected chi connectivity index (χ1v) is 7.16. The molecule has 0 saturated carbocycles. The maximum absolute atomic E-state index is 11.7. The summed E-state index contributed by atoms with van der Waals surface area (Å²) in [6.07, 6.45) is 0. The van der Waals surface area contributed by atoms with E-state index in [0.717, 1.165) is 0 Å². The van der Waals surface area contributed by atoms with E-state index in [1.165, 1.54) is 0 Å². The Morgan fingerprint density at radius 2 is 1.42 bits per heavy atom. The van der Waals surface area contributed by atoms with Crippen LogP contribution in [0, 0.1) is 3.57 Å². The van der Waals surface area contributed by atoms with Crippen molar-refractivity contribution in [1.82, 2.24) is 4.98 Å². The highest BCUT2D eigenvalue weighted by Gasteiger charge is 2.25. The molecule has 0 aromatic carbocycles. The van der Waals surface area contributed by atoms with Crippen LogP contribution in [-0.4, -0.2) is 30.1 Å². The molecule has 0 aliphatic heterocycles. The third-order valence-corrected chi connectivity index (χ3v) is 4.41. The van der Waals surface area contributed by atoms with Crippen LogP contribution in [0.25, 0.3) is 0 Å². The van der Waals surface area contributed by atoms with E-state index in [1.807, 2.05) is 22.6 Å². The van der Waals surface area contributed by atoms with Gasteiger partial charge >= 0.3 is 11.9 Å². The number of nitrogens with zero attached hydrogens (tertiary/aromatic N) is 1. The molecule has 0 atom stereocenters. The molecule has 0 radical (unpaired) electrons. The molecular formula is C11H10Cl2INO4. The minimum Gasteiger partial charge on any atom is -0.461 e. The molecule has 0 unspecified atom stereocenters. The van der Waals surface area contributed by atoms with E-state index >= 15 is 0 Å². The van der Waals surface area contributed by atoms with Gasteiger partial charge in [0.05, 0.1) is 26.8 Å². The van der Waals surface area contributed by atoms with Crippen molar-refractivity contribution in [2.45, 2.75) is 13.8 Å². The fourth-order valence-electron chi connectivity index (χ4n) is 1.18. The number of halogens is 3. The Morgan fingerprint density at radius 1 is 1.05 bits per heavy atom. The van der Waals surface area contributed by atoms with Crippen LogP contribution in [0.5, 0.6) is 0 Å². The summed E-state index contributed by atoms with van der Waals surface area (Å²) in [5, 5.41) is 0.106. The molecule has 0 saturated heterocycles. The Balaban J connectivity index is 3.34. The first-order valence-electron chi connectivity index (χ1n) is 5.32. The Hall–Kier alpha value is -0.600. The third-order valence-electron chi connectivity index (χ3n) is 1.96. The molecule has 1 rings (SSSR count). The highest BCUT2D eigenvalue weighted by atomic mass is 127. The van der Waals surface area contributed by atoms with Crippen molar-refractivity contribution in [1.29, 1.82) is 0 Å². The summed E-state index contributed by atoms with van der Waals surface area (Å²) in [6, 6.07) is 0. The van der Waals surface area contributed by atoms with Gasteiger partial charge in [-0.1, -0.05) is 23.2 Å². The van der Waals surface area contributed by atoms with Crippen LogP contribution in [-0.2, 0) is 9.47 Å². The normalized spacial score (nSPS) is 10.2. The number of aromatic nitrogens is 1. The topological polar surface area (TPSA) is 65.5 Å². The summed E-state index contributed by atoms with van der Waals surface area (Å²) in [7, 11) is 0. The summed E-state index contributed by atoms with van der Waals surface area (Å²) < 4.78 is 9.98. The summed E-state index contributed by atoms with van der Waals surface area (Å²) in [5.41, 5.74) is -0.305. The molecule has 1 aromatic heterocycles. The molecule has 5 nitrogen and oxygen atoms in total. The maximum atomic E-state index is 11.7. The van der Waals surface area contributed by atoms with Crippen molar-refractivity contribution in [2.75, 3.05) is 13.2 Å². The van der Waals surface area contributed by atoms with Gasteiger partial charge in [0.2, 0.25) is 0 Å². The molecule has 0 spiro atoms. The van der Waals surface area contributed by atoms with Crippen molar-refractivity contribution in [3.05, 3.63) is 25.0 Å². The number of hydrogen-bond donors (Lipinski definition) is 0. The lowest BCUT2D eigenvalue weighted by Gasteiger charge is -2.10. The number of pyridine rings is 1. The van der Waals surface area contributed by atoms with Gasteiger partial charge in [0.25, 0.3) is 0 Å². The minimum absolute atomic E-state index is 0.0529. The minimum atomic E-state index is -0.715. The van der Waals surface area contributed by atoms with E-state index in [-0.39, 0.29) is 34.6 Å². The summed E-state index contributed by atoms with van der Waals surface area (Å²) in [4.78, 5) is 27.2. The summed E-state index contributed by atoms with van der Waals surface area (Å²) in [6.45, 7) is 3.65. The molecule has 0 bridgehead atoms. The van der Waals surface area contributed by atoms with E-state index in [1.54, 1.807) is 13.8 Å².